The summed E-state index contributed by atoms with van der Waals surface area (Å²) in [6.45, 7) is 5.01. The third-order valence-corrected chi connectivity index (χ3v) is 10.8. The summed E-state index contributed by atoms with van der Waals surface area (Å²) in [5.74, 6) is 5.79. The number of hydrogen-bond acceptors (Lipinski definition) is 6. The van der Waals surface area contributed by atoms with Crippen molar-refractivity contribution in [3.05, 3.63) is 51.1 Å². The highest BCUT2D eigenvalue weighted by Gasteiger charge is 2.70. The highest BCUT2D eigenvalue weighted by molar-refractivity contribution is 5.50. The van der Waals surface area contributed by atoms with Gasteiger partial charge < -0.3 is 19.5 Å². The third-order valence-electron chi connectivity index (χ3n) is 10.8. The van der Waals surface area contributed by atoms with Crippen LogP contribution in [0.3, 0.4) is 0 Å². The number of aliphatic hydroxyl groups is 1. The van der Waals surface area contributed by atoms with Crippen molar-refractivity contribution >= 4 is 5.69 Å². The lowest BCUT2D eigenvalue weighted by molar-refractivity contribution is -0.571. The first kappa shape index (κ1) is 25.9. The summed E-state index contributed by atoms with van der Waals surface area (Å²) >= 11 is 0. The molecule has 1 aliphatic heterocycles. The quantitative estimate of drug-likeness (QED) is 0.260. The lowest BCUT2D eigenvalue weighted by atomic mass is 9.49. The van der Waals surface area contributed by atoms with Gasteiger partial charge in [-0.05, 0) is 80.1 Å². The van der Waals surface area contributed by atoms with E-state index in [-0.39, 0.29) is 22.7 Å². The number of anilines is 1. The molecule has 1 heterocycles. The molecule has 1 saturated heterocycles. The second-order valence-corrected chi connectivity index (χ2v) is 12.7. The molecule has 0 amide bonds. The molecule has 6 atom stereocenters. The average molecular weight is 521 g/mol. The van der Waals surface area contributed by atoms with Crippen LogP contribution in [0.25, 0.3) is 0 Å². The van der Waals surface area contributed by atoms with Crippen molar-refractivity contribution in [2.75, 3.05) is 32.2 Å². The molecule has 3 saturated carbocycles. The summed E-state index contributed by atoms with van der Waals surface area (Å²) in [5, 5.41) is 24.9. The largest absolute Gasteiger partial charge is 0.385 e. The lowest BCUT2D eigenvalue weighted by Crippen LogP contribution is -2.57. The van der Waals surface area contributed by atoms with Crippen molar-refractivity contribution in [2.24, 2.45) is 17.3 Å². The minimum atomic E-state index is -1.24. The zero-order valence-corrected chi connectivity index (χ0v) is 23.1. The van der Waals surface area contributed by atoms with Gasteiger partial charge in [0.25, 0.3) is 5.54 Å². The maximum absolute atomic E-state index is 12.7. The Morgan fingerprint density at radius 1 is 1.11 bits per heavy atom. The SMILES string of the molecule is CC#C[C@]1([N+](=O)[O-])CC[C@H]2[C@@H]3CC[C@@]4(O)CC5(CCC4=C3[C@@H](c3ccc(N(C)C)cc3)C[C@@]21C)OCCO5. The van der Waals surface area contributed by atoms with Crippen LogP contribution in [-0.2, 0) is 9.47 Å². The Bertz CT molecular complexity index is 1220. The number of hydrogen-bond donors (Lipinski definition) is 1. The molecule has 38 heavy (non-hydrogen) atoms. The molecule has 1 aromatic rings. The van der Waals surface area contributed by atoms with Gasteiger partial charge in [-0.25, -0.2) is 0 Å². The Hall–Kier alpha value is -2.40. The molecule has 0 radical (unpaired) electrons. The van der Waals surface area contributed by atoms with E-state index in [9.17, 15) is 15.2 Å². The molecular weight excluding hydrogens is 480 g/mol. The van der Waals surface area contributed by atoms with Crippen molar-refractivity contribution in [1.82, 2.24) is 0 Å². The summed E-state index contributed by atoms with van der Waals surface area (Å²) in [6.07, 6.45) is 5.39. The van der Waals surface area contributed by atoms with Gasteiger partial charge in [0, 0.05) is 49.9 Å². The van der Waals surface area contributed by atoms with Crippen molar-refractivity contribution in [3.8, 4) is 11.8 Å². The highest BCUT2D eigenvalue weighted by atomic mass is 16.7. The number of nitrogens with zero attached hydrogens (tertiary/aromatic N) is 2. The van der Waals surface area contributed by atoms with Crippen molar-refractivity contribution in [2.45, 2.75) is 88.1 Å². The van der Waals surface area contributed by atoms with Crippen LogP contribution in [0.4, 0.5) is 5.69 Å². The molecule has 1 spiro atoms. The van der Waals surface area contributed by atoms with E-state index in [1.54, 1.807) is 6.92 Å². The van der Waals surface area contributed by atoms with Gasteiger partial charge in [-0.2, -0.15) is 0 Å². The topological polar surface area (TPSA) is 85.1 Å². The summed E-state index contributed by atoms with van der Waals surface area (Å²) < 4.78 is 12.1. The zero-order valence-electron chi connectivity index (χ0n) is 23.1. The van der Waals surface area contributed by atoms with E-state index in [1.807, 2.05) is 14.1 Å². The number of ether oxygens (including phenoxy) is 2. The highest BCUT2D eigenvalue weighted by Crippen LogP contribution is 2.68. The summed E-state index contributed by atoms with van der Waals surface area (Å²) in [5.41, 5.74) is 2.05. The molecule has 0 unspecified atom stereocenters. The second-order valence-electron chi connectivity index (χ2n) is 12.7. The molecule has 6 rings (SSSR count). The van der Waals surface area contributed by atoms with E-state index in [4.69, 9.17) is 9.47 Å². The van der Waals surface area contributed by atoms with Gasteiger partial charge in [0.15, 0.2) is 5.79 Å². The van der Waals surface area contributed by atoms with Crippen LogP contribution in [0.1, 0.15) is 76.7 Å². The van der Waals surface area contributed by atoms with Crippen LogP contribution in [-0.4, -0.2) is 54.3 Å². The Kier molecular flexibility index (Phi) is 5.99. The van der Waals surface area contributed by atoms with Crippen LogP contribution in [0.15, 0.2) is 35.4 Å². The molecule has 7 heteroatoms. The normalized spacial score (nSPS) is 39.1. The fraction of sp³-hybridized carbons (Fsp3) is 0.677. The molecule has 1 N–H and O–H groups in total. The van der Waals surface area contributed by atoms with Gasteiger partial charge in [-0.3, -0.25) is 10.1 Å². The van der Waals surface area contributed by atoms with Crippen LogP contribution >= 0.6 is 0 Å². The first-order valence-electron chi connectivity index (χ1n) is 14.2. The zero-order chi connectivity index (χ0) is 26.9. The van der Waals surface area contributed by atoms with Crippen molar-refractivity contribution in [1.29, 1.82) is 0 Å². The van der Waals surface area contributed by atoms with E-state index < -0.39 is 22.3 Å². The van der Waals surface area contributed by atoms with Gasteiger partial charge in [-0.15, -0.1) is 0 Å². The minimum Gasteiger partial charge on any atom is -0.385 e. The summed E-state index contributed by atoms with van der Waals surface area (Å²) in [4.78, 5) is 14.7. The first-order chi connectivity index (χ1) is 18.1. The molecule has 1 aromatic carbocycles. The first-order valence-corrected chi connectivity index (χ1v) is 14.2. The number of rotatable bonds is 3. The molecule has 7 nitrogen and oxygen atoms in total. The van der Waals surface area contributed by atoms with Crippen molar-refractivity contribution in [3.63, 3.8) is 0 Å². The number of fused-ring (bicyclic) bond motifs is 4. The van der Waals surface area contributed by atoms with Gasteiger partial charge in [0.2, 0.25) is 0 Å². The summed E-state index contributed by atoms with van der Waals surface area (Å²) in [6, 6.07) is 8.64. The van der Waals surface area contributed by atoms with Gasteiger partial charge >= 0.3 is 0 Å². The monoisotopic (exact) mass is 520 g/mol. The third kappa shape index (κ3) is 3.53. The van der Waals surface area contributed by atoms with Gasteiger partial charge in [0.1, 0.15) is 0 Å². The Morgan fingerprint density at radius 3 is 2.45 bits per heavy atom. The van der Waals surface area contributed by atoms with E-state index in [0.29, 0.717) is 38.9 Å². The Labute approximate surface area is 225 Å². The fourth-order valence-corrected chi connectivity index (χ4v) is 9.08. The fourth-order valence-electron chi connectivity index (χ4n) is 9.08. The molecular formula is C31H40N2O5. The van der Waals surface area contributed by atoms with Gasteiger partial charge in [0.05, 0.1) is 24.2 Å². The Balaban J connectivity index is 1.50. The average Bonchev–Trinajstić information content (AvgIpc) is 3.45. The predicted octanol–water partition coefficient (Wildman–Crippen LogP) is 5.06. The number of benzene rings is 1. The van der Waals surface area contributed by atoms with Crippen molar-refractivity contribution < 1.29 is 19.5 Å². The predicted molar refractivity (Wildman–Crippen MR) is 145 cm³/mol. The Morgan fingerprint density at radius 2 is 1.82 bits per heavy atom. The molecule has 0 bridgehead atoms. The number of nitro groups is 1. The number of allylic oxidation sites excluding steroid dienone is 1. The van der Waals surface area contributed by atoms with Crippen LogP contribution in [0.5, 0.6) is 0 Å². The molecule has 5 aliphatic rings. The smallest absolute Gasteiger partial charge is 0.286 e. The summed E-state index contributed by atoms with van der Waals surface area (Å²) in [7, 11) is 4.06. The lowest BCUT2D eigenvalue weighted by Gasteiger charge is -2.56. The molecule has 4 aliphatic carbocycles. The second kappa shape index (κ2) is 8.81. The standard InChI is InChI=1S/C31H40N2O5/c1-5-13-30(33(35)36)15-11-25-23-10-14-29(34)20-31(37-17-18-38-31)16-12-26(29)27(23)24(19-28(25,30)2)21-6-8-22(9-7-21)32(3)4/h6-9,23-25,34H,10-12,14-20H2,1-4H3/t23-,24+,25-,28-,29+,30-/m0/s1. The molecule has 0 aromatic heterocycles. The maximum Gasteiger partial charge on any atom is 0.286 e. The van der Waals surface area contributed by atoms with E-state index in [2.05, 4.69) is 47.9 Å². The van der Waals surface area contributed by atoms with Crippen LogP contribution < -0.4 is 4.90 Å². The van der Waals surface area contributed by atoms with Gasteiger partial charge in [-0.1, -0.05) is 30.6 Å². The van der Waals surface area contributed by atoms with E-state index in [1.165, 1.54) is 11.1 Å². The van der Waals surface area contributed by atoms with E-state index >= 15 is 0 Å². The minimum absolute atomic E-state index is 0.00910. The van der Waals surface area contributed by atoms with E-state index in [0.717, 1.165) is 36.9 Å². The molecule has 204 valence electrons. The maximum atomic E-state index is 12.7. The molecule has 4 fully saturated rings. The van der Waals surface area contributed by atoms with Crippen LogP contribution in [0.2, 0.25) is 0 Å². The van der Waals surface area contributed by atoms with Crippen LogP contribution in [0, 0.1) is 39.2 Å².